The summed E-state index contributed by atoms with van der Waals surface area (Å²) in [5, 5.41) is 12.7. The van der Waals surface area contributed by atoms with Crippen LogP contribution in [-0.2, 0) is 13.0 Å². The molecule has 0 fully saturated rings. The Hall–Kier alpha value is -2.13. The maximum absolute atomic E-state index is 11.2. The summed E-state index contributed by atoms with van der Waals surface area (Å²) >= 11 is 0. The molecule has 2 N–H and O–H groups in total. The van der Waals surface area contributed by atoms with Gasteiger partial charge in [0.25, 0.3) is 0 Å². The molecule has 2 rings (SSSR count). The second-order valence-corrected chi connectivity index (χ2v) is 5.62. The highest BCUT2D eigenvalue weighted by molar-refractivity contribution is 5.89. The molecule has 0 saturated heterocycles. The summed E-state index contributed by atoms with van der Waals surface area (Å²) in [5.74, 6) is -0.842. The van der Waals surface area contributed by atoms with Crippen molar-refractivity contribution in [2.45, 2.75) is 38.8 Å². The van der Waals surface area contributed by atoms with E-state index in [1.165, 1.54) is 5.56 Å². The van der Waals surface area contributed by atoms with Gasteiger partial charge in [-0.2, -0.15) is 0 Å². The fourth-order valence-corrected chi connectivity index (χ4v) is 2.54. The first-order valence-corrected chi connectivity index (χ1v) is 7.75. The number of carboxylic acid groups (broad SMARTS) is 1. The average molecular weight is 297 g/mol. The van der Waals surface area contributed by atoms with Crippen molar-refractivity contribution < 1.29 is 9.90 Å². The number of carboxylic acids is 1. The molecule has 22 heavy (non-hydrogen) atoms. The highest BCUT2D eigenvalue weighted by atomic mass is 16.4. The largest absolute Gasteiger partial charge is 0.478 e. The van der Waals surface area contributed by atoms with Crippen LogP contribution in [0.25, 0.3) is 0 Å². The summed E-state index contributed by atoms with van der Waals surface area (Å²) < 4.78 is 0. The van der Waals surface area contributed by atoms with Gasteiger partial charge in [-0.15, -0.1) is 0 Å². The Morgan fingerprint density at radius 1 is 1.09 bits per heavy atom. The molecule has 1 unspecified atom stereocenters. The third-order valence-electron chi connectivity index (χ3n) is 3.83. The van der Waals surface area contributed by atoms with Gasteiger partial charge in [0.15, 0.2) is 0 Å². The molecule has 0 saturated carbocycles. The van der Waals surface area contributed by atoms with E-state index in [2.05, 4.69) is 24.4 Å². The number of benzene rings is 2. The zero-order valence-corrected chi connectivity index (χ0v) is 13.0. The fourth-order valence-electron chi connectivity index (χ4n) is 2.54. The monoisotopic (exact) mass is 297 g/mol. The molecule has 3 nitrogen and oxygen atoms in total. The second kappa shape index (κ2) is 8.35. The lowest BCUT2D eigenvalue weighted by atomic mass is 10.0. The molecule has 0 bridgehead atoms. The van der Waals surface area contributed by atoms with Gasteiger partial charge in [-0.05, 0) is 43.4 Å². The molecule has 2 aromatic rings. The number of carbonyl (C=O) groups is 1. The van der Waals surface area contributed by atoms with E-state index in [4.69, 9.17) is 0 Å². The Kier molecular flexibility index (Phi) is 6.16. The minimum atomic E-state index is -0.842. The van der Waals surface area contributed by atoms with Crippen molar-refractivity contribution in [2.24, 2.45) is 0 Å². The SMILES string of the molecule is CC(CCCc1ccccc1C(=O)O)NCc1ccccc1. The number of aromatic carboxylic acids is 1. The molecular formula is C19H23NO2. The molecule has 2 aromatic carbocycles. The van der Waals surface area contributed by atoms with E-state index in [0.29, 0.717) is 11.6 Å². The summed E-state index contributed by atoms with van der Waals surface area (Å²) in [6.07, 6.45) is 2.81. The van der Waals surface area contributed by atoms with Gasteiger partial charge in [-0.1, -0.05) is 48.5 Å². The van der Waals surface area contributed by atoms with Crippen LogP contribution >= 0.6 is 0 Å². The van der Waals surface area contributed by atoms with Crippen molar-refractivity contribution in [3.8, 4) is 0 Å². The van der Waals surface area contributed by atoms with Crippen molar-refractivity contribution in [1.82, 2.24) is 5.32 Å². The zero-order chi connectivity index (χ0) is 15.8. The Bertz CT molecular complexity index is 595. The number of hydrogen-bond acceptors (Lipinski definition) is 2. The van der Waals surface area contributed by atoms with Gasteiger partial charge < -0.3 is 10.4 Å². The minimum absolute atomic E-state index is 0.414. The number of nitrogens with one attached hydrogen (secondary N) is 1. The van der Waals surface area contributed by atoms with Crippen LogP contribution in [0.15, 0.2) is 54.6 Å². The van der Waals surface area contributed by atoms with Crippen molar-refractivity contribution in [3.63, 3.8) is 0 Å². The van der Waals surface area contributed by atoms with E-state index in [9.17, 15) is 9.90 Å². The molecule has 0 aliphatic carbocycles. The van der Waals surface area contributed by atoms with Gasteiger partial charge in [0, 0.05) is 12.6 Å². The second-order valence-electron chi connectivity index (χ2n) is 5.62. The van der Waals surface area contributed by atoms with Gasteiger partial charge in [-0.3, -0.25) is 0 Å². The van der Waals surface area contributed by atoms with Gasteiger partial charge in [0.1, 0.15) is 0 Å². The van der Waals surface area contributed by atoms with Crippen LogP contribution in [0.3, 0.4) is 0 Å². The number of aryl methyl sites for hydroxylation is 1. The Morgan fingerprint density at radius 3 is 2.50 bits per heavy atom. The zero-order valence-electron chi connectivity index (χ0n) is 13.0. The standard InChI is InChI=1S/C19H23NO2/c1-15(20-14-16-9-3-2-4-10-16)8-7-12-17-11-5-6-13-18(17)19(21)22/h2-6,9-11,13,15,20H,7-8,12,14H2,1H3,(H,21,22). The first kappa shape index (κ1) is 16.2. The molecule has 116 valence electrons. The maximum Gasteiger partial charge on any atom is 0.335 e. The van der Waals surface area contributed by atoms with E-state index in [1.54, 1.807) is 12.1 Å². The quantitative estimate of drug-likeness (QED) is 0.777. The Balaban J connectivity index is 1.75. The summed E-state index contributed by atoms with van der Waals surface area (Å²) in [6, 6.07) is 18.0. The molecular weight excluding hydrogens is 274 g/mol. The predicted molar refractivity (Wildman–Crippen MR) is 89.1 cm³/mol. The van der Waals surface area contributed by atoms with Gasteiger partial charge in [0.05, 0.1) is 5.56 Å². The van der Waals surface area contributed by atoms with E-state index in [0.717, 1.165) is 31.4 Å². The summed E-state index contributed by atoms with van der Waals surface area (Å²) in [6.45, 7) is 3.04. The summed E-state index contributed by atoms with van der Waals surface area (Å²) in [5.41, 5.74) is 2.63. The summed E-state index contributed by atoms with van der Waals surface area (Å²) in [4.78, 5) is 11.2. The van der Waals surface area contributed by atoms with Crippen LogP contribution in [0.5, 0.6) is 0 Å². The van der Waals surface area contributed by atoms with Crippen LogP contribution in [0.4, 0.5) is 0 Å². The third-order valence-corrected chi connectivity index (χ3v) is 3.83. The van der Waals surface area contributed by atoms with Crippen LogP contribution in [0.1, 0.15) is 41.3 Å². The molecule has 0 aromatic heterocycles. The Labute approximate surface area is 132 Å². The van der Waals surface area contributed by atoms with Crippen LogP contribution in [0.2, 0.25) is 0 Å². The molecule has 0 spiro atoms. The van der Waals surface area contributed by atoms with Crippen molar-refractivity contribution >= 4 is 5.97 Å². The lowest BCUT2D eigenvalue weighted by Gasteiger charge is -2.14. The van der Waals surface area contributed by atoms with Crippen molar-refractivity contribution in [1.29, 1.82) is 0 Å². The van der Waals surface area contributed by atoms with Crippen LogP contribution in [-0.4, -0.2) is 17.1 Å². The molecule has 0 heterocycles. The van der Waals surface area contributed by atoms with Crippen LogP contribution in [0, 0.1) is 0 Å². The minimum Gasteiger partial charge on any atom is -0.478 e. The van der Waals surface area contributed by atoms with E-state index >= 15 is 0 Å². The summed E-state index contributed by atoms with van der Waals surface area (Å²) in [7, 11) is 0. The molecule has 1 atom stereocenters. The lowest BCUT2D eigenvalue weighted by Crippen LogP contribution is -2.25. The van der Waals surface area contributed by atoms with Crippen LogP contribution < -0.4 is 5.32 Å². The molecule has 0 radical (unpaired) electrons. The number of hydrogen-bond donors (Lipinski definition) is 2. The van der Waals surface area contributed by atoms with E-state index in [1.807, 2.05) is 30.3 Å². The molecule has 0 aliphatic heterocycles. The fraction of sp³-hybridized carbons (Fsp3) is 0.316. The molecule has 0 amide bonds. The number of rotatable bonds is 8. The smallest absolute Gasteiger partial charge is 0.335 e. The van der Waals surface area contributed by atoms with Crippen molar-refractivity contribution in [3.05, 3.63) is 71.3 Å². The van der Waals surface area contributed by atoms with E-state index < -0.39 is 5.97 Å². The van der Waals surface area contributed by atoms with Gasteiger partial charge in [-0.25, -0.2) is 4.79 Å². The maximum atomic E-state index is 11.2. The van der Waals surface area contributed by atoms with Gasteiger partial charge in [0.2, 0.25) is 0 Å². The third kappa shape index (κ3) is 5.01. The Morgan fingerprint density at radius 2 is 1.77 bits per heavy atom. The predicted octanol–water partition coefficient (Wildman–Crippen LogP) is 3.89. The highest BCUT2D eigenvalue weighted by Crippen LogP contribution is 2.13. The normalized spacial score (nSPS) is 12.0. The highest BCUT2D eigenvalue weighted by Gasteiger charge is 2.09. The average Bonchev–Trinajstić information content (AvgIpc) is 2.54. The molecule has 0 aliphatic rings. The molecule has 3 heteroatoms. The van der Waals surface area contributed by atoms with E-state index in [-0.39, 0.29) is 0 Å². The first-order valence-electron chi connectivity index (χ1n) is 7.75. The lowest BCUT2D eigenvalue weighted by molar-refractivity contribution is 0.0695. The topological polar surface area (TPSA) is 49.3 Å². The van der Waals surface area contributed by atoms with Crippen molar-refractivity contribution in [2.75, 3.05) is 0 Å². The first-order chi connectivity index (χ1) is 10.7. The van der Waals surface area contributed by atoms with Gasteiger partial charge >= 0.3 is 5.97 Å².